The van der Waals surface area contributed by atoms with Crippen molar-refractivity contribution in [2.24, 2.45) is 0 Å². The van der Waals surface area contributed by atoms with Crippen molar-refractivity contribution in [3.63, 3.8) is 0 Å². The van der Waals surface area contributed by atoms with Gasteiger partial charge in [-0.2, -0.15) is 0 Å². The molecule has 0 saturated carbocycles. The number of thiol groups is 1. The van der Waals surface area contributed by atoms with E-state index in [4.69, 9.17) is 0 Å². The molecule has 1 N–H and O–H groups in total. The summed E-state index contributed by atoms with van der Waals surface area (Å²) in [4.78, 5) is 10.2. The highest BCUT2D eigenvalue weighted by molar-refractivity contribution is 7.96. The van der Waals surface area contributed by atoms with Crippen LogP contribution in [0.15, 0.2) is 0 Å². The number of carbonyl (C=O) groups excluding carboxylic acids is 1. The van der Waals surface area contributed by atoms with Crippen LogP contribution in [0, 0.1) is 0 Å². The van der Waals surface area contributed by atoms with Gasteiger partial charge in [0.2, 0.25) is 5.12 Å². The summed E-state index contributed by atoms with van der Waals surface area (Å²) in [5.41, 5.74) is 0. The first-order chi connectivity index (χ1) is 3.18. The molecule has 0 aliphatic rings. The van der Waals surface area contributed by atoms with E-state index in [2.05, 4.69) is 17.9 Å². The maximum absolute atomic E-state index is 10.2. The SMILES string of the molecule is CN[C@@H](C)C(=O)S. The van der Waals surface area contributed by atoms with Crippen LogP contribution < -0.4 is 5.32 Å². The number of carbonyl (C=O) groups is 1. The smallest absolute Gasteiger partial charge is 0.202 e. The Bertz CT molecular complexity index is 74.1. The van der Waals surface area contributed by atoms with Gasteiger partial charge in [0.25, 0.3) is 0 Å². The molecule has 0 aliphatic carbocycles. The van der Waals surface area contributed by atoms with Crippen LogP contribution in [0.5, 0.6) is 0 Å². The van der Waals surface area contributed by atoms with Crippen LogP contribution in [-0.4, -0.2) is 18.2 Å². The molecule has 0 unspecified atom stereocenters. The molecular weight excluding hydrogens is 110 g/mol. The Morgan fingerprint density at radius 1 is 1.86 bits per heavy atom. The topological polar surface area (TPSA) is 29.1 Å². The molecule has 7 heavy (non-hydrogen) atoms. The van der Waals surface area contributed by atoms with Gasteiger partial charge in [-0.15, -0.1) is 12.6 Å². The van der Waals surface area contributed by atoms with Crippen LogP contribution >= 0.6 is 12.6 Å². The normalized spacial score (nSPS) is 13.6. The van der Waals surface area contributed by atoms with Gasteiger partial charge >= 0.3 is 0 Å². The Labute approximate surface area is 48.7 Å². The zero-order chi connectivity index (χ0) is 5.86. The van der Waals surface area contributed by atoms with Crippen molar-refractivity contribution in [3.05, 3.63) is 0 Å². The first-order valence-electron chi connectivity index (χ1n) is 2.08. The lowest BCUT2D eigenvalue weighted by Crippen LogP contribution is -2.26. The summed E-state index contributed by atoms with van der Waals surface area (Å²) in [6, 6.07) is -0.122. The highest BCUT2D eigenvalue weighted by Crippen LogP contribution is 1.84. The van der Waals surface area contributed by atoms with Gasteiger partial charge in [-0.25, -0.2) is 0 Å². The molecule has 0 radical (unpaired) electrons. The van der Waals surface area contributed by atoms with E-state index < -0.39 is 0 Å². The van der Waals surface area contributed by atoms with Crippen molar-refractivity contribution in [3.8, 4) is 0 Å². The Morgan fingerprint density at radius 2 is 2.29 bits per heavy atom. The van der Waals surface area contributed by atoms with Gasteiger partial charge in [0.05, 0.1) is 6.04 Å². The van der Waals surface area contributed by atoms with Gasteiger partial charge < -0.3 is 5.32 Å². The lowest BCUT2D eigenvalue weighted by molar-refractivity contribution is -0.112. The fraction of sp³-hybridized carbons (Fsp3) is 0.750. The fourth-order valence-corrected chi connectivity index (χ4v) is 0.253. The summed E-state index contributed by atoms with van der Waals surface area (Å²) in [5.74, 6) is 0. The van der Waals surface area contributed by atoms with Gasteiger partial charge in [0.1, 0.15) is 0 Å². The Morgan fingerprint density at radius 3 is 2.29 bits per heavy atom. The molecule has 0 aromatic heterocycles. The second-order valence-electron chi connectivity index (χ2n) is 1.35. The number of hydrogen-bond acceptors (Lipinski definition) is 2. The minimum absolute atomic E-state index is 0.122. The van der Waals surface area contributed by atoms with Crippen LogP contribution in [0.4, 0.5) is 0 Å². The zero-order valence-electron chi connectivity index (χ0n) is 4.43. The summed E-state index contributed by atoms with van der Waals surface area (Å²) in [6.45, 7) is 1.76. The van der Waals surface area contributed by atoms with Gasteiger partial charge in [-0.1, -0.05) is 0 Å². The molecule has 2 nitrogen and oxygen atoms in total. The Hall–Kier alpha value is -0.0200. The van der Waals surface area contributed by atoms with Gasteiger partial charge in [-0.05, 0) is 14.0 Å². The molecule has 0 aromatic rings. The van der Waals surface area contributed by atoms with E-state index in [-0.39, 0.29) is 11.2 Å². The lowest BCUT2D eigenvalue weighted by Gasteiger charge is -2.00. The third-order valence-corrected chi connectivity index (χ3v) is 1.19. The molecule has 0 heterocycles. The van der Waals surface area contributed by atoms with Crippen LogP contribution in [0.2, 0.25) is 0 Å². The second-order valence-corrected chi connectivity index (χ2v) is 1.79. The molecule has 3 heteroatoms. The number of nitrogens with one attached hydrogen (secondary N) is 1. The van der Waals surface area contributed by atoms with Crippen molar-refractivity contribution in [1.82, 2.24) is 5.32 Å². The maximum atomic E-state index is 10.2. The van der Waals surface area contributed by atoms with Crippen molar-refractivity contribution in [2.45, 2.75) is 13.0 Å². The van der Waals surface area contributed by atoms with Gasteiger partial charge in [0, 0.05) is 0 Å². The van der Waals surface area contributed by atoms with Crippen LogP contribution in [-0.2, 0) is 4.79 Å². The first kappa shape index (κ1) is 6.98. The average molecular weight is 119 g/mol. The van der Waals surface area contributed by atoms with Crippen molar-refractivity contribution in [1.29, 1.82) is 0 Å². The van der Waals surface area contributed by atoms with E-state index in [1.807, 2.05) is 0 Å². The van der Waals surface area contributed by atoms with Crippen molar-refractivity contribution >= 4 is 17.7 Å². The first-order valence-corrected chi connectivity index (χ1v) is 2.53. The molecule has 0 aromatic carbocycles. The Balaban J connectivity index is 3.34. The molecule has 0 amide bonds. The average Bonchev–Trinajstić information content (AvgIpc) is 1.65. The second kappa shape index (κ2) is 3.04. The van der Waals surface area contributed by atoms with Crippen molar-refractivity contribution in [2.75, 3.05) is 7.05 Å². The lowest BCUT2D eigenvalue weighted by atomic mass is 10.4. The van der Waals surface area contributed by atoms with Crippen LogP contribution in [0.1, 0.15) is 6.92 Å². The van der Waals surface area contributed by atoms with E-state index in [1.165, 1.54) is 0 Å². The van der Waals surface area contributed by atoms with Crippen LogP contribution in [0.25, 0.3) is 0 Å². The van der Waals surface area contributed by atoms with Gasteiger partial charge in [-0.3, -0.25) is 4.79 Å². The molecule has 42 valence electrons. The van der Waals surface area contributed by atoms with Crippen molar-refractivity contribution < 1.29 is 4.79 Å². The minimum atomic E-state index is -0.123. The van der Waals surface area contributed by atoms with Crippen LogP contribution in [0.3, 0.4) is 0 Å². The third-order valence-electron chi connectivity index (χ3n) is 0.803. The quantitative estimate of drug-likeness (QED) is 0.503. The summed E-state index contributed by atoms with van der Waals surface area (Å²) >= 11 is 3.57. The molecule has 0 spiro atoms. The third kappa shape index (κ3) is 2.65. The van der Waals surface area contributed by atoms with E-state index in [0.717, 1.165) is 0 Å². The molecule has 0 fully saturated rings. The molecule has 0 rings (SSSR count). The summed E-state index contributed by atoms with van der Waals surface area (Å²) < 4.78 is 0. The summed E-state index contributed by atoms with van der Waals surface area (Å²) in [5, 5.41) is 2.62. The predicted octanol–water partition coefficient (Wildman–Crippen LogP) is 0.0507. The molecule has 0 aliphatic heterocycles. The highest BCUT2D eigenvalue weighted by atomic mass is 32.1. The number of rotatable bonds is 2. The molecular formula is C4H9NOS. The number of hydrogen-bond donors (Lipinski definition) is 2. The fourth-order valence-electron chi connectivity index (χ4n) is 0.123. The molecule has 0 bridgehead atoms. The monoisotopic (exact) mass is 119 g/mol. The van der Waals surface area contributed by atoms with E-state index in [9.17, 15) is 4.79 Å². The highest BCUT2D eigenvalue weighted by Gasteiger charge is 2.01. The largest absolute Gasteiger partial charge is 0.310 e. The predicted molar refractivity (Wildman–Crippen MR) is 32.5 cm³/mol. The molecule has 0 saturated heterocycles. The summed E-state index contributed by atoms with van der Waals surface area (Å²) in [6.07, 6.45) is 0. The standard InChI is InChI=1S/C4H9NOS/c1-3(5-2)4(6)7/h3,5H,1-2H3,(H,6,7)/t3-/m0/s1. The van der Waals surface area contributed by atoms with Gasteiger partial charge in [0.15, 0.2) is 0 Å². The Kier molecular flexibility index (Phi) is 3.04. The molecule has 1 atom stereocenters. The minimum Gasteiger partial charge on any atom is -0.310 e. The van der Waals surface area contributed by atoms with E-state index in [0.29, 0.717) is 0 Å². The van der Waals surface area contributed by atoms with E-state index >= 15 is 0 Å². The maximum Gasteiger partial charge on any atom is 0.202 e. The number of likely N-dealkylation sites (N-methyl/N-ethyl adjacent to an activating group) is 1. The summed E-state index contributed by atoms with van der Waals surface area (Å²) in [7, 11) is 1.72. The zero-order valence-corrected chi connectivity index (χ0v) is 5.33. The van der Waals surface area contributed by atoms with E-state index in [1.54, 1.807) is 14.0 Å².